The fourth-order valence-electron chi connectivity index (χ4n) is 2.35. The van der Waals surface area contributed by atoms with Crippen molar-refractivity contribution in [3.05, 3.63) is 64.8 Å². The van der Waals surface area contributed by atoms with Crippen molar-refractivity contribution in [2.75, 3.05) is 0 Å². The Morgan fingerprint density at radius 3 is 1.81 bits per heavy atom. The SMILES string of the molecule is CC.CCC(C)Oc1cnc(-c2ccc(Cl)cc2)c(-c2ccc(Cl)cc2)n1. The van der Waals surface area contributed by atoms with Crippen LogP contribution in [0.4, 0.5) is 0 Å². The molecule has 5 heteroatoms. The normalized spacial score (nSPS) is 11.3. The Hall–Kier alpha value is -2.10. The van der Waals surface area contributed by atoms with E-state index in [1.807, 2.05) is 69.3 Å². The van der Waals surface area contributed by atoms with E-state index in [0.29, 0.717) is 15.9 Å². The lowest BCUT2D eigenvalue weighted by molar-refractivity contribution is 0.208. The van der Waals surface area contributed by atoms with Crippen LogP contribution in [0.15, 0.2) is 54.7 Å². The molecule has 1 aromatic heterocycles. The van der Waals surface area contributed by atoms with Crippen LogP contribution in [0.5, 0.6) is 5.88 Å². The molecule has 0 amide bonds. The minimum absolute atomic E-state index is 0.0775. The van der Waals surface area contributed by atoms with Crippen LogP contribution < -0.4 is 4.74 Å². The molecular weight excluding hydrogens is 379 g/mol. The second-order valence-electron chi connectivity index (χ2n) is 5.76. The monoisotopic (exact) mass is 402 g/mol. The van der Waals surface area contributed by atoms with E-state index in [9.17, 15) is 0 Å². The summed E-state index contributed by atoms with van der Waals surface area (Å²) >= 11 is 12.0. The van der Waals surface area contributed by atoms with Crippen LogP contribution in [-0.4, -0.2) is 16.1 Å². The molecule has 0 aliphatic carbocycles. The molecule has 3 rings (SSSR count). The predicted molar refractivity (Wildman–Crippen MR) is 115 cm³/mol. The molecule has 0 aliphatic heterocycles. The van der Waals surface area contributed by atoms with Crippen molar-refractivity contribution in [3.8, 4) is 28.4 Å². The van der Waals surface area contributed by atoms with Gasteiger partial charge in [0.25, 0.3) is 0 Å². The third-order valence-corrected chi connectivity index (χ3v) is 4.39. The molecule has 0 N–H and O–H groups in total. The Bertz CT molecular complexity index is 849. The number of benzene rings is 2. The van der Waals surface area contributed by atoms with Gasteiger partial charge in [0, 0.05) is 21.2 Å². The van der Waals surface area contributed by atoms with Gasteiger partial charge in [0.1, 0.15) is 5.69 Å². The van der Waals surface area contributed by atoms with Crippen molar-refractivity contribution in [2.45, 2.75) is 40.2 Å². The van der Waals surface area contributed by atoms with Crippen LogP contribution in [0.1, 0.15) is 34.1 Å². The molecule has 3 aromatic rings. The van der Waals surface area contributed by atoms with E-state index in [2.05, 4.69) is 11.9 Å². The van der Waals surface area contributed by atoms with Crippen molar-refractivity contribution >= 4 is 23.2 Å². The van der Waals surface area contributed by atoms with Crippen molar-refractivity contribution in [3.63, 3.8) is 0 Å². The molecular formula is C22H24Cl2N2O. The molecule has 0 spiro atoms. The van der Waals surface area contributed by atoms with Crippen molar-refractivity contribution in [1.29, 1.82) is 0 Å². The highest BCUT2D eigenvalue weighted by molar-refractivity contribution is 6.31. The number of halogens is 2. The van der Waals surface area contributed by atoms with E-state index in [0.717, 1.165) is 28.9 Å². The zero-order valence-electron chi connectivity index (χ0n) is 16.0. The number of hydrogen-bond donors (Lipinski definition) is 0. The smallest absolute Gasteiger partial charge is 0.233 e. The van der Waals surface area contributed by atoms with E-state index >= 15 is 0 Å². The first-order chi connectivity index (χ1) is 13.1. The lowest BCUT2D eigenvalue weighted by Crippen LogP contribution is -2.11. The first-order valence-electron chi connectivity index (χ1n) is 9.12. The minimum atomic E-state index is 0.0775. The first-order valence-corrected chi connectivity index (χ1v) is 9.88. The van der Waals surface area contributed by atoms with Crippen molar-refractivity contribution < 1.29 is 4.74 Å². The van der Waals surface area contributed by atoms with Crippen LogP contribution >= 0.6 is 23.2 Å². The van der Waals surface area contributed by atoms with Gasteiger partial charge in [-0.1, -0.05) is 68.2 Å². The standard InChI is InChI=1S/C20H18Cl2N2O.C2H6/c1-3-13(2)25-18-12-23-19(14-4-8-16(21)9-5-14)20(24-18)15-6-10-17(22)11-7-15;1-2/h4-13H,3H2,1-2H3;1-2H3. The molecule has 0 saturated carbocycles. The van der Waals surface area contributed by atoms with Crippen LogP contribution in [0.3, 0.4) is 0 Å². The average molecular weight is 403 g/mol. The third kappa shape index (κ3) is 5.69. The summed E-state index contributed by atoms with van der Waals surface area (Å²) in [5, 5.41) is 1.36. The van der Waals surface area contributed by atoms with Gasteiger partial charge in [-0.15, -0.1) is 0 Å². The molecule has 2 aromatic carbocycles. The second-order valence-corrected chi connectivity index (χ2v) is 6.63. The van der Waals surface area contributed by atoms with Gasteiger partial charge >= 0.3 is 0 Å². The number of ether oxygens (including phenoxy) is 1. The van der Waals surface area contributed by atoms with Gasteiger partial charge in [-0.2, -0.15) is 0 Å². The van der Waals surface area contributed by atoms with Crippen LogP contribution in [-0.2, 0) is 0 Å². The van der Waals surface area contributed by atoms with Gasteiger partial charge in [0.2, 0.25) is 5.88 Å². The first kappa shape index (κ1) is 21.2. The van der Waals surface area contributed by atoms with Crippen molar-refractivity contribution in [1.82, 2.24) is 9.97 Å². The molecule has 1 heterocycles. The summed E-state index contributed by atoms with van der Waals surface area (Å²) < 4.78 is 5.84. The maximum absolute atomic E-state index is 6.02. The van der Waals surface area contributed by atoms with E-state index in [1.54, 1.807) is 6.20 Å². The van der Waals surface area contributed by atoms with Gasteiger partial charge in [-0.3, -0.25) is 0 Å². The Kier molecular flexibility index (Phi) is 8.08. The lowest BCUT2D eigenvalue weighted by Gasteiger charge is -2.14. The molecule has 1 unspecified atom stereocenters. The Morgan fingerprint density at radius 2 is 1.33 bits per heavy atom. The highest BCUT2D eigenvalue weighted by atomic mass is 35.5. The van der Waals surface area contributed by atoms with Gasteiger partial charge in [-0.05, 0) is 37.6 Å². The summed E-state index contributed by atoms with van der Waals surface area (Å²) in [5.74, 6) is 0.511. The lowest BCUT2D eigenvalue weighted by atomic mass is 10.0. The summed E-state index contributed by atoms with van der Waals surface area (Å²) in [5.41, 5.74) is 3.39. The maximum atomic E-state index is 6.02. The van der Waals surface area contributed by atoms with Gasteiger partial charge in [-0.25, -0.2) is 9.97 Å². The van der Waals surface area contributed by atoms with Crippen LogP contribution in [0, 0.1) is 0 Å². The van der Waals surface area contributed by atoms with E-state index < -0.39 is 0 Å². The van der Waals surface area contributed by atoms with E-state index in [4.69, 9.17) is 32.9 Å². The summed E-state index contributed by atoms with van der Waals surface area (Å²) in [6, 6.07) is 15.1. The van der Waals surface area contributed by atoms with Gasteiger partial charge in [0.15, 0.2) is 0 Å². The molecule has 0 fully saturated rings. The van der Waals surface area contributed by atoms with Crippen molar-refractivity contribution in [2.24, 2.45) is 0 Å². The molecule has 0 aliphatic rings. The van der Waals surface area contributed by atoms with E-state index in [1.165, 1.54) is 0 Å². The third-order valence-electron chi connectivity index (χ3n) is 3.88. The predicted octanol–water partition coefficient (Wildman–Crippen LogP) is 7.32. The second kappa shape index (κ2) is 10.3. The zero-order chi connectivity index (χ0) is 19.8. The Morgan fingerprint density at radius 1 is 0.852 bits per heavy atom. The largest absolute Gasteiger partial charge is 0.474 e. The topological polar surface area (TPSA) is 35.0 Å². The zero-order valence-corrected chi connectivity index (χ0v) is 17.6. The number of aromatic nitrogens is 2. The number of hydrogen-bond acceptors (Lipinski definition) is 3. The summed E-state index contributed by atoms with van der Waals surface area (Å²) in [6.07, 6.45) is 2.64. The van der Waals surface area contributed by atoms with Gasteiger partial charge < -0.3 is 4.74 Å². The summed E-state index contributed by atoms with van der Waals surface area (Å²) in [6.45, 7) is 8.08. The molecule has 27 heavy (non-hydrogen) atoms. The summed E-state index contributed by atoms with van der Waals surface area (Å²) in [4.78, 5) is 9.30. The number of rotatable bonds is 5. The molecule has 0 bridgehead atoms. The minimum Gasteiger partial charge on any atom is -0.474 e. The van der Waals surface area contributed by atoms with Gasteiger partial charge in [0.05, 0.1) is 18.0 Å². The fourth-order valence-corrected chi connectivity index (χ4v) is 2.60. The number of nitrogens with zero attached hydrogens (tertiary/aromatic N) is 2. The van der Waals surface area contributed by atoms with Crippen LogP contribution in [0.2, 0.25) is 10.0 Å². The molecule has 0 radical (unpaired) electrons. The highest BCUT2D eigenvalue weighted by Crippen LogP contribution is 2.31. The molecule has 0 saturated heterocycles. The molecule has 1 atom stereocenters. The average Bonchev–Trinajstić information content (AvgIpc) is 2.71. The summed E-state index contributed by atoms with van der Waals surface area (Å²) in [7, 11) is 0. The molecule has 142 valence electrons. The van der Waals surface area contributed by atoms with E-state index in [-0.39, 0.29) is 6.10 Å². The Balaban J connectivity index is 0.00000126. The molecule has 3 nitrogen and oxygen atoms in total. The van der Waals surface area contributed by atoms with Crippen LogP contribution in [0.25, 0.3) is 22.5 Å². The Labute approximate surface area is 171 Å². The quantitative estimate of drug-likeness (QED) is 0.448. The fraction of sp³-hybridized carbons (Fsp3) is 0.273. The maximum Gasteiger partial charge on any atom is 0.233 e. The highest BCUT2D eigenvalue weighted by Gasteiger charge is 2.14.